The predicted octanol–water partition coefficient (Wildman–Crippen LogP) is 4.16. The van der Waals surface area contributed by atoms with Crippen LogP contribution in [-0.4, -0.2) is 0 Å². The van der Waals surface area contributed by atoms with Crippen LogP contribution >= 0.6 is 11.8 Å². The van der Waals surface area contributed by atoms with E-state index < -0.39 is 0 Å². The molecule has 2 heteroatoms. The second-order valence-electron chi connectivity index (χ2n) is 3.20. The predicted molar refractivity (Wildman–Crippen MR) is 61.4 cm³/mol. The first-order valence-corrected chi connectivity index (χ1v) is 5.41. The van der Waals surface area contributed by atoms with E-state index in [1.54, 1.807) is 23.9 Å². The summed E-state index contributed by atoms with van der Waals surface area (Å²) in [6, 6.07) is 14.4. The Bertz CT molecular complexity index is 448. The van der Waals surface area contributed by atoms with E-state index in [1.807, 2.05) is 24.3 Å². The highest BCUT2D eigenvalue weighted by Gasteiger charge is 1.97. The van der Waals surface area contributed by atoms with Gasteiger partial charge >= 0.3 is 0 Å². The zero-order valence-corrected chi connectivity index (χ0v) is 8.93. The van der Waals surface area contributed by atoms with Gasteiger partial charge in [-0.25, -0.2) is 4.39 Å². The van der Waals surface area contributed by atoms with Crippen LogP contribution in [0.4, 0.5) is 4.39 Å². The van der Waals surface area contributed by atoms with E-state index in [9.17, 15) is 4.39 Å². The molecule has 2 rings (SSSR count). The van der Waals surface area contributed by atoms with Crippen molar-refractivity contribution in [3.8, 4) is 0 Å². The molecule has 0 atom stereocenters. The molecule has 0 saturated carbocycles. The van der Waals surface area contributed by atoms with E-state index in [1.165, 1.54) is 12.1 Å². The van der Waals surface area contributed by atoms with Gasteiger partial charge in [0.1, 0.15) is 5.82 Å². The highest BCUT2D eigenvalue weighted by molar-refractivity contribution is 7.99. The van der Waals surface area contributed by atoms with E-state index in [4.69, 9.17) is 0 Å². The smallest absolute Gasteiger partial charge is 0.123 e. The Morgan fingerprint density at radius 2 is 1.67 bits per heavy atom. The van der Waals surface area contributed by atoms with Gasteiger partial charge < -0.3 is 0 Å². The molecule has 0 aliphatic rings. The van der Waals surface area contributed by atoms with Crippen molar-refractivity contribution in [1.82, 2.24) is 0 Å². The maximum atomic E-state index is 12.7. The molecule has 15 heavy (non-hydrogen) atoms. The SMILES string of the molecule is [CH2]c1cccc(Sc2ccc(F)cc2)c1. The lowest BCUT2D eigenvalue weighted by Gasteiger charge is -2.02. The van der Waals surface area contributed by atoms with Gasteiger partial charge in [-0.3, -0.25) is 0 Å². The zero-order chi connectivity index (χ0) is 10.7. The molecular weight excluding hydrogens is 207 g/mol. The molecule has 2 aromatic carbocycles. The van der Waals surface area contributed by atoms with Gasteiger partial charge in [0, 0.05) is 9.79 Å². The molecule has 1 radical (unpaired) electrons. The fourth-order valence-electron chi connectivity index (χ4n) is 1.25. The topological polar surface area (TPSA) is 0 Å². The molecule has 0 aliphatic carbocycles. The summed E-state index contributed by atoms with van der Waals surface area (Å²) in [7, 11) is 0. The third-order valence-corrected chi connectivity index (χ3v) is 2.95. The summed E-state index contributed by atoms with van der Waals surface area (Å²) < 4.78 is 12.7. The van der Waals surface area contributed by atoms with E-state index in [0.717, 1.165) is 15.4 Å². The van der Waals surface area contributed by atoms with Crippen LogP contribution in [0.25, 0.3) is 0 Å². The van der Waals surface area contributed by atoms with Crippen molar-refractivity contribution in [3.05, 3.63) is 66.8 Å². The van der Waals surface area contributed by atoms with Crippen LogP contribution in [0.5, 0.6) is 0 Å². The van der Waals surface area contributed by atoms with Gasteiger partial charge in [0.15, 0.2) is 0 Å². The summed E-state index contributed by atoms with van der Waals surface area (Å²) in [6.45, 7) is 3.86. The third kappa shape index (κ3) is 2.83. The van der Waals surface area contributed by atoms with Crippen LogP contribution in [0, 0.1) is 12.7 Å². The van der Waals surface area contributed by atoms with Gasteiger partial charge in [0.2, 0.25) is 0 Å². The van der Waals surface area contributed by atoms with E-state index in [0.29, 0.717) is 0 Å². The number of hydrogen-bond acceptors (Lipinski definition) is 1. The Morgan fingerprint density at radius 3 is 2.33 bits per heavy atom. The molecule has 0 nitrogen and oxygen atoms in total. The van der Waals surface area contributed by atoms with Crippen LogP contribution in [-0.2, 0) is 0 Å². The molecule has 0 amide bonds. The van der Waals surface area contributed by atoms with Gasteiger partial charge in [0.05, 0.1) is 0 Å². The normalized spacial score (nSPS) is 10.3. The first-order chi connectivity index (χ1) is 7.24. The number of benzene rings is 2. The van der Waals surface area contributed by atoms with Crippen molar-refractivity contribution in [2.75, 3.05) is 0 Å². The zero-order valence-electron chi connectivity index (χ0n) is 8.11. The Balaban J connectivity index is 2.18. The largest absolute Gasteiger partial charge is 0.207 e. The lowest BCUT2D eigenvalue weighted by molar-refractivity contribution is 0.626. The van der Waals surface area contributed by atoms with Crippen molar-refractivity contribution in [1.29, 1.82) is 0 Å². The van der Waals surface area contributed by atoms with Crippen LogP contribution in [0.3, 0.4) is 0 Å². The van der Waals surface area contributed by atoms with Gasteiger partial charge in [0.25, 0.3) is 0 Å². The molecule has 0 saturated heterocycles. The summed E-state index contributed by atoms with van der Waals surface area (Å²) in [4.78, 5) is 2.15. The van der Waals surface area contributed by atoms with E-state index >= 15 is 0 Å². The molecular formula is C13H10FS. The fourth-order valence-corrected chi connectivity index (χ4v) is 2.15. The Hall–Kier alpha value is -1.28. The Kier molecular flexibility index (Phi) is 3.07. The summed E-state index contributed by atoms with van der Waals surface area (Å²) in [6.07, 6.45) is 0. The lowest BCUT2D eigenvalue weighted by atomic mass is 10.2. The fraction of sp³-hybridized carbons (Fsp3) is 0. The second kappa shape index (κ2) is 4.49. The van der Waals surface area contributed by atoms with Crippen LogP contribution < -0.4 is 0 Å². The van der Waals surface area contributed by atoms with Gasteiger partial charge in [-0.05, 0) is 48.9 Å². The van der Waals surface area contributed by atoms with Crippen LogP contribution in [0.15, 0.2) is 58.3 Å². The Labute approximate surface area is 93.1 Å². The molecule has 0 fully saturated rings. The average molecular weight is 217 g/mol. The van der Waals surface area contributed by atoms with E-state index in [2.05, 4.69) is 6.92 Å². The summed E-state index contributed by atoms with van der Waals surface area (Å²) in [5, 5.41) is 0. The van der Waals surface area contributed by atoms with Crippen molar-refractivity contribution in [2.24, 2.45) is 0 Å². The van der Waals surface area contributed by atoms with E-state index in [-0.39, 0.29) is 5.82 Å². The minimum absolute atomic E-state index is 0.203. The van der Waals surface area contributed by atoms with Crippen LogP contribution in [0.1, 0.15) is 5.56 Å². The second-order valence-corrected chi connectivity index (χ2v) is 4.35. The van der Waals surface area contributed by atoms with Gasteiger partial charge in [-0.15, -0.1) is 0 Å². The summed E-state index contributed by atoms with van der Waals surface area (Å²) in [5.74, 6) is -0.203. The lowest BCUT2D eigenvalue weighted by Crippen LogP contribution is -1.77. The van der Waals surface area contributed by atoms with Crippen molar-refractivity contribution in [2.45, 2.75) is 9.79 Å². The molecule has 0 aliphatic heterocycles. The van der Waals surface area contributed by atoms with Crippen LogP contribution in [0.2, 0.25) is 0 Å². The van der Waals surface area contributed by atoms with Gasteiger partial charge in [-0.2, -0.15) is 0 Å². The standard InChI is InChI=1S/C13H10FS/c1-10-3-2-4-13(9-10)15-12-7-5-11(14)6-8-12/h2-9H,1H2. The molecule has 0 heterocycles. The molecule has 0 bridgehead atoms. The average Bonchev–Trinajstić information content (AvgIpc) is 2.22. The highest BCUT2D eigenvalue weighted by Crippen LogP contribution is 2.27. The van der Waals surface area contributed by atoms with Crippen molar-refractivity contribution in [3.63, 3.8) is 0 Å². The number of rotatable bonds is 2. The number of hydrogen-bond donors (Lipinski definition) is 0. The minimum Gasteiger partial charge on any atom is -0.207 e. The summed E-state index contributed by atoms with van der Waals surface area (Å²) in [5.41, 5.74) is 0.988. The molecule has 75 valence electrons. The monoisotopic (exact) mass is 217 g/mol. The molecule has 0 N–H and O–H groups in total. The molecule has 0 aromatic heterocycles. The van der Waals surface area contributed by atoms with Gasteiger partial charge in [-0.1, -0.05) is 23.9 Å². The number of halogens is 1. The van der Waals surface area contributed by atoms with Crippen molar-refractivity contribution >= 4 is 11.8 Å². The summed E-state index contributed by atoms with van der Waals surface area (Å²) >= 11 is 1.60. The molecule has 2 aromatic rings. The highest BCUT2D eigenvalue weighted by atomic mass is 32.2. The maximum absolute atomic E-state index is 12.7. The molecule has 0 unspecified atom stereocenters. The third-order valence-electron chi connectivity index (χ3n) is 1.95. The minimum atomic E-state index is -0.203. The maximum Gasteiger partial charge on any atom is 0.123 e. The Morgan fingerprint density at radius 1 is 0.933 bits per heavy atom. The molecule has 0 spiro atoms. The first kappa shape index (κ1) is 10.2. The first-order valence-electron chi connectivity index (χ1n) is 4.59. The quantitative estimate of drug-likeness (QED) is 0.728. The van der Waals surface area contributed by atoms with Crippen molar-refractivity contribution < 1.29 is 4.39 Å².